The van der Waals surface area contributed by atoms with E-state index in [0.29, 0.717) is 19.1 Å². The lowest BCUT2D eigenvalue weighted by Gasteiger charge is -2.29. The molecule has 0 aromatic heterocycles. The molecule has 7 heteroatoms. The fraction of sp³-hybridized carbons (Fsp3) is 0.682. The number of ether oxygens (including phenoxy) is 3. The van der Waals surface area contributed by atoms with Crippen molar-refractivity contribution in [1.82, 2.24) is 15.5 Å². The Kier molecular flexibility index (Phi) is 10.1. The Balaban J connectivity index is 1.88. The highest BCUT2D eigenvalue weighted by Crippen LogP contribution is 2.30. The van der Waals surface area contributed by atoms with Crippen molar-refractivity contribution < 1.29 is 14.2 Å². The first-order valence-electron chi connectivity index (χ1n) is 10.7. The van der Waals surface area contributed by atoms with E-state index in [1.165, 1.54) is 0 Å². The van der Waals surface area contributed by atoms with Crippen molar-refractivity contribution in [2.24, 2.45) is 10.9 Å². The van der Waals surface area contributed by atoms with Crippen molar-refractivity contribution in [3.63, 3.8) is 0 Å². The number of nitrogens with zero attached hydrogens (tertiary/aromatic N) is 2. The minimum absolute atomic E-state index is 0.0885. The van der Waals surface area contributed by atoms with E-state index in [1.54, 1.807) is 7.05 Å². The Morgan fingerprint density at radius 1 is 1.14 bits per heavy atom. The Morgan fingerprint density at radius 2 is 1.83 bits per heavy atom. The van der Waals surface area contributed by atoms with Crippen molar-refractivity contribution in [3.8, 4) is 11.5 Å². The monoisotopic (exact) mass is 406 g/mol. The zero-order valence-corrected chi connectivity index (χ0v) is 18.7. The molecule has 2 rings (SSSR count). The number of hydrogen-bond donors (Lipinski definition) is 2. The van der Waals surface area contributed by atoms with Gasteiger partial charge < -0.3 is 24.8 Å². The van der Waals surface area contributed by atoms with Crippen LogP contribution in [0.2, 0.25) is 0 Å². The standard InChI is InChI=1S/C22H38N4O3/c1-6-28-20-9-8-19(14-21(20)29-7-2)18(4)25-22(23-5)24-15-17(3)16-26-10-12-27-13-11-26/h8-9,14,17-18H,6-7,10-13,15-16H2,1-5H3,(H2,23,24,25). The molecule has 164 valence electrons. The van der Waals surface area contributed by atoms with Gasteiger partial charge in [0.05, 0.1) is 32.5 Å². The summed E-state index contributed by atoms with van der Waals surface area (Å²) in [5.41, 5.74) is 1.13. The summed E-state index contributed by atoms with van der Waals surface area (Å²) in [4.78, 5) is 6.85. The molecule has 0 radical (unpaired) electrons. The van der Waals surface area contributed by atoms with Crippen molar-refractivity contribution >= 4 is 5.96 Å². The predicted octanol–water partition coefficient (Wildman–Crippen LogP) is 2.68. The van der Waals surface area contributed by atoms with Gasteiger partial charge in [-0.2, -0.15) is 0 Å². The fourth-order valence-electron chi connectivity index (χ4n) is 3.38. The quantitative estimate of drug-likeness (QED) is 0.460. The molecule has 0 bridgehead atoms. The first-order valence-corrected chi connectivity index (χ1v) is 10.7. The SMILES string of the molecule is CCOc1ccc(C(C)NC(=NC)NCC(C)CN2CCOCC2)cc1OCC. The Hall–Kier alpha value is -1.99. The van der Waals surface area contributed by atoms with Crippen molar-refractivity contribution in [1.29, 1.82) is 0 Å². The summed E-state index contributed by atoms with van der Waals surface area (Å²) in [5.74, 6) is 2.89. The molecule has 1 saturated heterocycles. The molecular weight excluding hydrogens is 368 g/mol. The largest absolute Gasteiger partial charge is 0.490 e. The minimum Gasteiger partial charge on any atom is -0.490 e. The average molecular weight is 407 g/mol. The summed E-state index contributed by atoms with van der Waals surface area (Å²) in [5, 5.41) is 6.93. The number of guanidine groups is 1. The summed E-state index contributed by atoms with van der Waals surface area (Å²) < 4.78 is 16.8. The van der Waals surface area contributed by atoms with Gasteiger partial charge in [-0.15, -0.1) is 0 Å². The van der Waals surface area contributed by atoms with Crippen LogP contribution in [-0.2, 0) is 4.74 Å². The molecule has 1 aromatic rings. The van der Waals surface area contributed by atoms with E-state index in [4.69, 9.17) is 14.2 Å². The van der Waals surface area contributed by atoms with E-state index in [1.807, 2.05) is 26.0 Å². The number of nitrogens with one attached hydrogen (secondary N) is 2. The molecule has 1 aromatic carbocycles. The first-order chi connectivity index (χ1) is 14.1. The highest BCUT2D eigenvalue weighted by atomic mass is 16.5. The maximum Gasteiger partial charge on any atom is 0.191 e. The molecule has 0 amide bonds. The second kappa shape index (κ2) is 12.5. The van der Waals surface area contributed by atoms with E-state index >= 15 is 0 Å². The average Bonchev–Trinajstić information content (AvgIpc) is 2.73. The van der Waals surface area contributed by atoms with Crippen LogP contribution in [-0.4, -0.2) is 70.5 Å². The van der Waals surface area contributed by atoms with E-state index in [2.05, 4.69) is 40.4 Å². The molecule has 0 spiro atoms. The maximum atomic E-state index is 5.75. The number of rotatable bonds is 10. The van der Waals surface area contributed by atoms with Gasteiger partial charge >= 0.3 is 0 Å². The lowest BCUT2D eigenvalue weighted by Crippen LogP contribution is -2.44. The van der Waals surface area contributed by atoms with E-state index < -0.39 is 0 Å². The summed E-state index contributed by atoms with van der Waals surface area (Å²) in [6, 6.07) is 6.17. The number of aliphatic imine (C=N–C) groups is 1. The van der Waals surface area contributed by atoms with Gasteiger partial charge in [0.15, 0.2) is 17.5 Å². The van der Waals surface area contributed by atoms with Crippen molar-refractivity contribution in [2.45, 2.75) is 33.7 Å². The third-order valence-electron chi connectivity index (χ3n) is 4.94. The molecule has 0 saturated carbocycles. The van der Waals surface area contributed by atoms with Crippen molar-refractivity contribution in [3.05, 3.63) is 23.8 Å². The first kappa shape index (κ1) is 23.3. The van der Waals surface area contributed by atoms with Crippen LogP contribution in [0.15, 0.2) is 23.2 Å². The Labute approximate surface area is 175 Å². The van der Waals surface area contributed by atoms with E-state index in [9.17, 15) is 0 Å². The van der Waals surface area contributed by atoms with E-state index in [0.717, 1.165) is 62.4 Å². The molecule has 2 N–H and O–H groups in total. The predicted molar refractivity (Wildman–Crippen MR) is 118 cm³/mol. The van der Waals surface area contributed by atoms with Gasteiger partial charge in [-0.1, -0.05) is 13.0 Å². The Morgan fingerprint density at radius 3 is 2.48 bits per heavy atom. The number of morpholine rings is 1. The summed E-state index contributed by atoms with van der Waals surface area (Å²) in [6.45, 7) is 15.2. The molecule has 1 aliphatic rings. The minimum atomic E-state index is 0.0885. The van der Waals surface area contributed by atoms with Gasteiger partial charge in [-0.3, -0.25) is 9.89 Å². The summed E-state index contributed by atoms with van der Waals surface area (Å²) in [7, 11) is 1.80. The summed E-state index contributed by atoms with van der Waals surface area (Å²) >= 11 is 0. The molecule has 1 fully saturated rings. The number of hydrogen-bond acceptors (Lipinski definition) is 5. The van der Waals surface area contributed by atoms with E-state index in [-0.39, 0.29) is 6.04 Å². The lowest BCUT2D eigenvalue weighted by atomic mass is 10.1. The van der Waals surface area contributed by atoms with Gasteiger partial charge in [-0.25, -0.2) is 0 Å². The molecule has 1 aliphatic heterocycles. The zero-order chi connectivity index (χ0) is 21.1. The molecule has 2 atom stereocenters. The zero-order valence-electron chi connectivity index (χ0n) is 18.7. The van der Waals surface area contributed by atoms with Crippen LogP contribution in [0, 0.1) is 5.92 Å². The van der Waals surface area contributed by atoms with Crippen LogP contribution >= 0.6 is 0 Å². The molecule has 7 nitrogen and oxygen atoms in total. The van der Waals surface area contributed by atoms with Gasteiger partial charge in [0.1, 0.15) is 0 Å². The number of benzene rings is 1. The van der Waals surface area contributed by atoms with Crippen LogP contribution in [0.3, 0.4) is 0 Å². The topological polar surface area (TPSA) is 67.4 Å². The molecule has 1 heterocycles. The molecule has 2 unspecified atom stereocenters. The lowest BCUT2D eigenvalue weighted by molar-refractivity contribution is 0.0320. The van der Waals surface area contributed by atoms with Crippen LogP contribution in [0.25, 0.3) is 0 Å². The fourth-order valence-corrected chi connectivity index (χ4v) is 3.38. The van der Waals surface area contributed by atoms with Crippen molar-refractivity contribution in [2.75, 3.05) is 59.7 Å². The normalized spacial score (nSPS) is 17.5. The van der Waals surface area contributed by atoms with Crippen LogP contribution in [0.4, 0.5) is 0 Å². The van der Waals surface area contributed by atoms with Crippen LogP contribution in [0.5, 0.6) is 11.5 Å². The molecular formula is C22H38N4O3. The summed E-state index contributed by atoms with van der Waals surface area (Å²) in [6.07, 6.45) is 0. The molecule has 0 aliphatic carbocycles. The Bertz CT molecular complexity index is 632. The van der Waals surface area contributed by atoms with Gasteiger partial charge in [0, 0.05) is 33.2 Å². The van der Waals surface area contributed by atoms with Gasteiger partial charge in [0.25, 0.3) is 0 Å². The highest BCUT2D eigenvalue weighted by Gasteiger charge is 2.15. The molecule has 29 heavy (non-hydrogen) atoms. The second-order valence-corrected chi connectivity index (χ2v) is 7.41. The highest BCUT2D eigenvalue weighted by molar-refractivity contribution is 5.80. The van der Waals surface area contributed by atoms with Gasteiger partial charge in [0.2, 0.25) is 0 Å². The smallest absolute Gasteiger partial charge is 0.191 e. The van der Waals surface area contributed by atoms with Crippen LogP contribution < -0.4 is 20.1 Å². The van der Waals surface area contributed by atoms with Gasteiger partial charge in [-0.05, 0) is 44.4 Å². The maximum absolute atomic E-state index is 5.75. The third kappa shape index (κ3) is 7.74. The second-order valence-electron chi connectivity index (χ2n) is 7.41. The van der Waals surface area contributed by atoms with Crippen LogP contribution in [0.1, 0.15) is 39.3 Å². The third-order valence-corrected chi connectivity index (χ3v) is 4.94.